The lowest BCUT2D eigenvalue weighted by molar-refractivity contribution is 0.102. The zero-order valence-corrected chi connectivity index (χ0v) is 16.9. The minimum absolute atomic E-state index is 0.249. The van der Waals surface area contributed by atoms with E-state index in [1.54, 1.807) is 25.3 Å². The predicted molar refractivity (Wildman–Crippen MR) is 109 cm³/mol. The number of amides is 1. The summed E-state index contributed by atoms with van der Waals surface area (Å²) in [5.41, 5.74) is 5.21. The van der Waals surface area contributed by atoms with Gasteiger partial charge < -0.3 is 14.8 Å². The molecule has 0 fully saturated rings. The van der Waals surface area contributed by atoms with Gasteiger partial charge in [-0.15, -0.1) is 0 Å². The van der Waals surface area contributed by atoms with Gasteiger partial charge in [0.25, 0.3) is 5.91 Å². The van der Waals surface area contributed by atoms with E-state index in [1.165, 1.54) is 12.7 Å². The molecule has 146 valence electrons. The highest BCUT2D eigenvalue weighted by Crippen LogP contribution is 2.27. The number of carbonyl (C=O) groups is 1. The fourth-order valence-corrected chi connectivity index (χ4v) is 3.07. The van der Waals surface area contributed by atoms with Crippen LogP contribution in [0.4, 0.5) is 5.69 Å². The van der Waals surface area contributed by atoms with Crippen molar-refractivity contribution in [3.05, 3.63) is 70.5 Å². The van der Waals surface area contributed by atoms with Crippen LogP contribution in [0, 0.1) is 20.8 Å². The fourth-order valence-electron chi connectivity index (χ4n) is 3.07. The molecule has 1 amide bonds. The molecule has 1 aromatic heterocycles. The Hall–Kier alpha value is -3.28. The molecule has 0 bridgehead atoms. The van der Waals surface area contributed by atoms with Crippen LogP contribution in [-0.4, -0.2) is 29.9 Å². The van der Waals surface area contributed by atoms with E-state index in [4.69, 9.17) is 9.47 Å². The molecule has 1 N–H and O–H groups in total. The number of rotatable bonds is 6. The highest BCUT2D eigenvalue weighted by atomic mass is 16.5. The Bertz CT molecular complexity index is 991. The number of ether oxygens (including phenoxy) is 2. The highest BCUT2D eigenvalue weighted by molar-refractivity contribution is 6.06. The van der Waals surface area contributed by atoms with E-state index in [-0.39, 0.29) is 5.91 Å². The maximum Gasteiger partial charge on any atom is 0.259 e. The van der Waals surface area contributed by atoms with Crippen molar-refractivity contribution in [2.24, 2.45) is 0 Å². The van der Waals surface area contributed by atoms with E-state index in [1.807, 2.05) is 18.5 Å². The molecular formula is C22H25N3O3. The van der Waals surface area contributed by atoms with Crippen molar-refractivity contribution in [2.45, 2.75) is 27.3 Å². The largest absolute Gasteiger partial charge is 0.497 e. The first kappa shape index (κ1) is 19.5. The first-order chi connectivity index (χ1) is 13.4. The minimum atomic E-state index is -0.249. The van der Waals surface area contributed by atoms with Crippen LogP contribution in [-0.2, 0) is 6.54 Å². The monoisotopic (exact) mass is 379 g/mol. The third-order valence-electron chi connectivity index (χ3n) is 4.73. The third-order valence-corrected chi connectivity index (χ3v) is 4.73. The molecule has 1 heterocycles. The molecule has 0 radical (unpaired) electrons. The Morgan fingerprint density at radius 1 is 1.04 bits per heavy atom. The van der Waals surface area contributed by atoms with Gasteiger partial charge in [-0.25, -0.2) is 0 Å². The Balaban J connectivity index is 1.84. The van der Waals surface area contributed by atoms with E-state index in [9.17, 15) is 4.79 Å². The molecule has 3 rings (SSSR count). The molecule has 0 unspecified atom stereocenters. The molecule has 0 aliphatic heterocycles. The summed E-state index contributed by atoms with van der Waals surface area (Å²) >= 11 is 0. The van der Waals surface area contributed by atoms with Crippen LogP contribution in [0.15, 0.2) is 42.5 Å². The maximum absolute atomic E-state index is 12.8. The Morgan fingerprint density at radius 3 is 2.39 bits per heavy atom. The van der Waals surface area contributed by atoms with Crippen molar-refractivity contribution in [3.63, 3.8) is 0 Å². The summed E-state index contributed by atoms with van der Waals surface area (Å²) in [6.45, 7) is 6.55. The number of benzene rings is 2. The summed E-state index contributed by atoms with van der Waals surface area (Å²) in [4.78, 5) is 12.8. The lowest BCUT2D eigenvalue weighted by atomic mass is 10.1. The van der Waals surface area contributed by atoms with Gasteiger partial charge in [0.1, 0.15) is 11.5 Å². The van der Waals surface area contributed by atoms with Crippen LogP contribution in [0.1, 0.15) is 32.9 Å². The van der Waals surface area contributed by atoms with Gasteiger partial charge >= 0.3 is 0 Å². The number of nitrogens with one attached hydrogen (secondary N) is 1. The first-order valence-electron chi connectivity index (χ1n) is 9.06. The van der Waals surface area contributed by atoms with E-state index in [2.05, 4.69) is 41.6 Å². The summed E-state index contributed by atoms with van der Waals surface area (Å²) in [5, 5.41) is 7.57. The van der Waals surface area contributed by atoms with E-state index < -0.39 is 0 Å². The van der Waals surface area contributed by atoms with Crippen molar-refractivity contribution < 1.29 is 14.3 Å². The molecular weight excluding hydrogens is 354 g/mol. The smallest absolute Gasteiger partial charge is 0.259 e. The van der Waals surface area contributed by atoms with Crippen LogP contribution in [0.5, 0.6) is 11.5 Å². The maximum atomic E-state index is 12.8. The van der Waals surface area contributed by atoms with E-state index in [0.717, 1.165) is 22.6 Å². The molecule has 0 spiro atoms. The van der Waals surface area contributed by atoms with Crippen LogP contribution in [0.3, 0.4) is 0 Å². The van der Waals surface area contributed by atoms with Crippen molar-refractivity contribution in [2.75, 3.05) is 19.5 Å². The molecule has 0 aliphatic rings. The van der Waals surface area contributed by atoms with Crippen molar-refractivity contribution in [1.29, 1.82) is 0 Å². The molecule has 2 aromatic carbocycles. The molecule has 0 saturated carbocycles. The van der Waals surface area contributed by atoms with Crippen LogP contribution in [0.2, 0.25) is 0 Å². The summed E-state index contributed by atoms with van der Waals surface area (Å²) < 4.78 is 12.4. The van der Waals surface area contributed by atoms with Crippen LogP contribution < -0.4 is 14.8 Å². The minimum Gasteiger partial charge on any atom is -0.497 e. The Kier molecular flexibility index (Phi) is 5.68. The molecule has 6 heteroatoms. The Labute approximate surface area is 165 Å². The summed E-state index contributed by atoms with van der Waals surface area (Å²) in [6, 6.07) is 13.5. The van der Waals surface area contributed by atoms with Gasteiger partial charge in [0.2, 0.25) is 0 Å². The SMILES string of the molecule is COc1ccc(C(=O)Nc2c(C)nn(Cc3ccc(C)cc3)c2C)c(OC)c1. The highest BCUT2D eigenvalue weighted by Gasteiger charge is 2.18. The average molecular weight is 379 g/mol. The van der Waals surface area contributed by atoms with Gasteiger partial charge in [-0.05, 0) is 38.5 Å². The topological polar surface area (TPSA) is 65.4 Å². The molecule has 0 saturated heterocycles. The molecule has 28 heavy (non-hydrogen) atoms. The molecule has 6 nitrogen and oxygen atoms in total. The average Bonchev–Trinajstić information content (AvgIpc) is 2.96. The second-order valence-corrected chi connectivity index (χ2v) is 6.71. The summed E-state index contributed by atoms with van der Waals surface area (Å²) in [7, 11) is 3.10. The predicted octanol–water partition coefficient (Wildman–Crippen LogP) is 4.13. The second kappa shape index (κ2) is 8.17. The number of anilines is 1. The van der Waals surface area contributed by atoms with Crippen molar-refractivity contribution in [3.8, 4) is 11.5 Å². The summed E-state index contributed by atoms with van der Waals surface area (Å²) in [5.74, 6) is 0.839. The molecule has 3 aromatic rings. The lowest BCUT2D eigenvalue weighted by Crippen LogP contribution is -2.14. The van der Waals surface area contributed by atoms with Gasteiger partial charge in [-0.2, -0.15) is 5.10 Å². The second-order valence-electron chi connectivity index (χ2n) is 6.71. The standard InChI is InChI=1S/C22H25N3O3/c1-14-6-8-17(9-7-14)13-25-16(3)21(15(2)24-25)23-22(26)19-11-10-18(27-4)12-20(19)28-5/h6-12H,13H2,1-5H3,(H,23,26). The van der Waals surface area contributed by atoms with Gasteiger partial charge in [0, 0.05) is 6.07 Å². The van der Waals surface area contributed by atoms with Crippen LogP contribution >= 0.6 is 0 Å². The van der Waals surface area contributed by atoms with Gasteiger partial charge in [-0.1, -0.05) is 29.8 Å². The zero-order valence-electron chi connectivity index (χ0n) is 16.9. The van der Waals surface area contributed by atoms with Crippen molar-refractivity contribution in [1.82, 2.24) is 9.78 Å². The van der Waals surface area contributed by atoms with E-state index >= 15 is 0 Å². The number of methoxy groups -OCH3 is 2. The lowest BCUT2D eigenvalue weighted by Gasteiger charge is -2.11. The normalized spacial score (nSPS) is 10.6. The quantitative estimate of drug-likeness (QED) is 0.699. The molecule has 0 atom stereocenters. The van der Waals surface area contributed by atoms with Crippen molar-refractivity contribution >= 4 is 11.6 Å². The number of carbonyl (C=O) groups excluding carboxylic acids is 1. The van der Waals surface area contributed by atoms with Gasteiger partial charge in [0.15, 0.2) is 0 Å². The van der Waals surface area contributed by atoms with Gasteiger partial charge in [-0.3, -0.25) is 9.48 Å². The summed E-state index contributed by atoms with van der Waals surface area (Å²) in [6.07, 6.45) is 0. The first-order valence-corrected chi connectivity index (χ1v) is 9.06. The van der Waals surface area contributed by atoms with Gasteiger partial charge in [0.05, 0.1) is 43.4 Å². The number of hydrogen-bond donors (Lipinski definition) is 1. The van der Waals surface area contributed by atoms with Crippen LogP contribution in [0.25, 0.3) is 0 Å². The fraction of sp³-hybridized carbons (Fsp3) is 0.273. The van der Waals surface area contributed by atoms with E-state index in [0.29, 0.717) is 23.6 Å². The number of aryl methyl sites for hydroxylation is 2. The molecule has 0 aliphatic carbocycles. The zero-order chi connectivity index (χ0) is 20.3. The third kappa shape index (κ3) is 4.01. The number of hydrogen-bond acceptors (Lipinski definition) is 4. The Morgan fingerprint density at radius 2 is 1.75 bits per heavy atom. The number of aromatic nitrogens is 2. The number of nitrogens with zero attached hydrogens (tertiary/aromatic N) is 2.